The lowest BCUT2D eigenvalue weighted by Gasteiger charge is -1.72. The van der Waals surface area contributed by atoms with Crippen molar-refractivity contribution in [3.05, 3.63) is 0 Å². The van der Waals surface area contributed by atoms with Crippen LogP contribution in [0.5, 0.6) is 0 Å². The van der Waals surface area contributed by atoms with Crippen molar-refractivity contribution in [3.63, 3.8) is 0 Å². The quantitative estimate of drug-likeness (QED) is 0.410. The minimum atomic E-state index is -0.833. The maximum absolute atomic E-state index is 9.37. The average molecular weight is 328 g/mol. The third-order valence-electron chi connectivity index (χ3n) is 0.772. The van der Waals surface area contributed by atoms with Crippen LogP contribution in [0, 0.1) is 0 Å². The molecule has 0 bridgehead atoms. The second-order valence-electron chi connectivity index (χ2n) is 3.11. The van der Waals surface area contributed by atoms with E-state index in [-0.39, 0.29) is 12.8 Å². The van der Waals surface area contributed by atoms with Crippen LogP contribution < -0.4 is 11.5 Å². The van der Waals surface area contributed by atoms with Crippen molar-refractivity contribution in [2.75, 3.05) is 13.1 Å². The molecule has 0 atom stereocenters. The highest BCUT2D eigenvalue weighted by atomic mass is 16.4. The molecule has 0 heterocycles. The second kappa shape index (κ2) is 31.3. The molecule has 0 saturated carbocycles. The SMILES string of the molecule is CC(=O)O.CC(=O)O.CCC(=O)O.CCC(=O)O.NCCN. The van der Waals surface area contributed by atoms with Crippen molar-refractivity contribution in [1.29, 1.82) is 0 Å². The summed E-state index contributed by atoms with van der Waals surface area (Å²) in [6.45, 7) is 6.56. The molecule has 0 saturated heterocycles. The summed E-state index contributed by atoms with van der Waals surface area (Å²) in [5, 5.41) is 30.3. The minimum absolute atomic E-state index is 0.222. The summed E-state index contributed by atoms with van der Waals surface area (Å²) < 4.78 is 0. The molecular formula is C12H28N2O8. The van der Waals surface area contributed by atoms with Gasteiger partial charge in [0.2, 0.25) is 0 Å². The number of carboxylic acids is 4. The summed E-state index contributed by atoms with van der Waals surface area (Å²) >= 11 is 0. The van der Waals surface area contributed by atoms with Crippen molar-refractivity contribution >= 4 is 23.9 Å². The van der Waals surface area contributed by atoms with Gasteiger partial charge in [0.05, 0.1) is 0 Å². The monoisotopic (exact) mass is 328 g/mol. The van der Waals surface area contributed by atoms with Crippen molar-refractivity contribution < 1.29 is 39.6 Å². The first-order chi connectivity index (χ1) is 9.92. The Morgan fingerprint density at radius 3 is 0.773 bits per heavy atom. The number of carbonyl (C=O) groups is 4. The molecule has 0 unspecified atom stereocenters. The van der Waals surface area contributed by atoms with Gasteiger partial charge in [-0.1, -0.05) is 13.8 Å². The van der Waals surface area contributed by atoms with Gasteiger partial charge in [-0.2, -0.15) is 0 Å². The first-order valence-corrected chi connectivity index (χ1v) is 6.15. The fourth-order valence-electron chi connectivity index (χ4n) is 0. The molecule has 0 spiro atoms. The molecule has 0 aromatic heterocycles. The van der Waals surface area contributed by atoms with Crippen LogP contribution in [0.25, 0.3) is 0 Å². The summed E-state index contributed by atoms with van der Waals surface area (Å²) in [7, 11) is 0. The molecule has 10 nitrogen and oxygen atoms in total. The van der Waals surface area contributed by atoms with Crippen molar-refractivity contribution in [1.82, 2.24) is 0 Å². The third-order valence-corrected chi connectivity index (χ3v) is 0.772. The molecule has 8 N–H and O–H groups in total. The normalized spacial score (nSPS) is 7.00. The van der Waals surface area contributed by atoms with Gasteiger partial charge in [-0.3, -0.25) is 19.2 Å². The van der Waals surface area contributed by atoms with E-state index < -0.39 is 23.9 Å². The molecule has 0 aromatic carbocycles. The van der Waals surface area contributed by atoms with Gasteiger partial charge < -0.3 is 31.9 Å². The first-order valence-electron chi connectivity index (χ1n) is 6.15. The van der Waals surface area contributed by atoms with Crippen molar-refractivity contribution in [3.8, 4) is 0 Å². The lowest BCUT2D eigenvalue weighted by atomic mass is 10.5. The van der Waals surface area contributed by atoms with Gasteiger partial charge in [0, 0.05) is 39.8 Å². The molecule has 0 aromatic rings. The molecule has 0 fully saturated rings. The van der Waals surface area contributed by atoms with Crippen molar-refractivity contribution in [2.24, 2.45) is 11.5 Å². The Kier molecular flexibility index (Phi) is 45.4. The minimum Gasteiger partial charge on any atom is -0.481 e. The van der Waals surface area contributed by atoms with Gasteiger partial charge >= 0.3 is 11.9 Å². The van der Waals surface area contributed by atoms with E-state index in [9.17, 15) is 9.59 Å². The van der Waals surface area contributed by atoms with E-state index in [1.54, 1.807) is 13.8 Å². The highest BCUT2D eigenvalue weighted by Crippen LogP contribution is 1.67. The zero-order valence-corrected chi connectivity index (χ0v) is 13.4. The maximum atomic E-state index is 9.37. The molecule has 22 heavy (non-hydrogen) atoms. The summed E-state index contributed by atoms with van der Waals surface area (Å²) in [5.74, 6) is -3.16. The Balaban J connectivity index is -0.0000000550. The van der Waals surface area contributed by atoms with Gasteiger partial charge in [0.25, 0.3) is 11.9 Å². The molecule has 10 heteroatoms. The molecule has 134 valence electrons. The summed E-state index contributed by atoms with van der Waals surface area (Å²) in [4.78, 5) is 36.7. The van der Waals surface area contributed by atoms with Crippen LogP contribution >= 0.6 is 0 Å². The predicted octanol–water partition coefficient (Wildman–Crippen LogP) is 0.0476. The molecule has 0 aliphatic rings. The van der Waals surface area contributed by atoms with Gasteiger partial charge in [-0.05, 0) is 0 Å². The zero-order chi connectivity index (χ0) is 19.1. The second-order valence-corrected chi connectivity index (χ2v) is 3.11. The Bertz CT molecular complexity index is 246. The van der Waals surface area contributed by atoms with Crippen LogP contribution in [0.15, 0.2) is 0 Å². The van der Waals surface area contributed by atoms with Crippen LogP contribution in [0.2, 0.25) is 0 Å². The van der Waals surface area contributed by atoms with Gasteiger partial charge in [-0.15, -0.1) is 0 Å². The fraction of sp³-hybridized carbons (Fsp3) is 0.667. The van der Waals surface area contributed by atoms with E-state index in [0.717, 1.165) is 13.8 Å². The van der Waals surface area contributed by atoms with E-state index >= 15 is 0 Å². The van der Waals surface area contributed by atoms with E-state index in [4.69, 9.17) is 41.5 Å². The number of hydrogen-bond donors (Lipinski definition) is 6. The molecule has 0 rings (SSSR count). The van der Waals surface area contributed by atoms with Crippen LogP contribution in [-0.4, -0.2) is 57.4 Å². The number of carboxylic acid groups (broad SMARTS) is 4. The van der Waals surface area contributed by atoms with Crippen LogP contribution in [0.1, 0.15) is 40.5 Å². The number of nitrogens with two attached hydrogens (primary N) is 2. The van der Waals surface area contributed by atoms with E-state index in [0.29, 0.717) is 13.1 Å². The van der Waals surface area contributed by atoms with E-state index in [1.807, 2.05) is 0 Å². The predicted molar refractivity (Wildman–Crippen MR) is 80.6 cm³/mol. The Labute approximate surface area is 129 Å². The average Bonchev–Trinajstić information content (AvgIpc) is 2.38. The van der Waals surface area contributed by atoms with Gasteiger partial charge in [0.15, 0.2) is 0 Å². The number of aliphatic carboxylic acids is 4. The first kappa shape index (κ1) is 31.9. The Hall–Kier alpha value is -2.20. The molecular weight excluding hydrogens is 300 g/mol. The van der Waals surface area contributed by atoms with E-state index in [2.05, 4.69) is 0 Å². The fourth-order valence-corrected chi connectivity index (χ4v) is 0. The van der Waals surface area contributed by atoms with Crippen molar-refractivity contribution in [2.45, 2.75) is 40.5 Å². The lowest BCUT2D eigenvalue weighted by molar-refractivity contribution is -0.137. The largest absolute Gasteiger partial charge is 0.481 e. The third kappa shape index (κ3) is 641. The highest BCUT2D eigenvalue weighted by Gasteiger charge is 1.81. The summed E-state index contributed by atoms with van der Waals surface area (Å²) in [5.41, 5.74) is 9.81. The molecule has 0 aliphatic heterocycles. The maximum Gasteiger partial charge on any atom is 0.303 e. The standard InChI is InChI=1S/2C3H6O2.C2H8N2.2C2H4O2/c2*1-2-3(4)5;3-1-2-4;2*1-2(3)4/h2*2H2,1H3,(H,4,5);1-4H2;2*1H3,(H,3,4). The Morgan fingerprint density at radius 2 is 0.773 bits per heavy atom. The number of rotatable bonds is 3. The highest BCUT2D eigenvalue weighted by molar-refractivity contribution is 5.66. The van der Waals surface area contributed by atoms with Gasteiger partial charge in [-0.25, -0.2) is 0 Å². The van der Waals surface area contributed by atoms with Crippen LogP contribution in [-0.2, 0) is 19.2 Å². The smallest absolute Gasteiger partial charge is 0.303 e. The summed E-state index contributed by atoms with van der Waals surface area (Å²) in [6, 6.07) is 0. The lowest BCUT2D eigenvalue weighted by Crippen LogP contribution is -2.11. The molecule has 0 amide bonds. The summed E-state index contributed by atoms with van der Waals surface area (Å²) in [6.07, 6.45) is 0.444. The van der Waals surface area contributed by atoms with E-state index in [1.165, 1.54) is 0 Å². The molecule has 0 radical (unpaired) electrons. The van der Waals surface area contributed by atoms with Crippen LogP contribution in [0.3, 0.4) is 0 Å². The topological polar surface area (TPSA) is 201 Å². The Morgan fingerprint density at radius 1 is 0.682 bits per heavy atom. The number of hydrogen-bond acceptors (Lipinski definition) is 6. The van der Waals surface area contributed by atoms with Crippen LogP contribution in [0.4, 0.5) is 0 Å². The van der Waals surface area contributed by atoms with Gasteiger partial charge in [0.1, 0.15) is 0 Å². The zero-order valence-electron chi connectivity index (χ0n) is 13.4. The molecule has 0 aliphatic carbocycles.